The summed E-state index contributed by atoms with van der Waals surface area (Å²) in [6.07, 6.45) is -0.426. The normalized spacial score (nSPS) is 11.8. The van der Waals surface area contributed by atoms with E-state index in [0.717, 1.165) is 10.7 Å². The summed E-state index contributed by atoms with van der Waals surface area (Å²) < 4.78 is 1.15. The highest BCUT2D eigenvalue weighted by Crippen LogP contribution is 2.31. The number of amides is 1. The largest absolute Gasteiger partial charge is 0.481 e. The summed E-state index contributed by atoms with van der Waals surface area (Å²) in [5.41, 5.74) is 0.268. The molecule has 0 spiro atoms. The molecule has 2 aromatic carbocycles. The van der Waals surface area contributed by atoms with E-state index >= 15 is 0 Å². The molecule has 3 rings (SSSR count). The summed E-state index contributed by atoms with van der Waals surface area (Å²) in [6.45, 7) is 0. The Morgan fingerprint density at radius 2 is 1.83 bits per heavy atom. The lowest BCUT2D eigenvalue weighted by Gasteiger charge is -2.18. The molecule has 0 saturated carbocycles. The Bertz CT molecular complexity index is 1140. The molecule has 0 aliphatic heterocycles. The van der Waals surface area contributed by atoms with E-state index in [1.807, 2.05) is 0 Å². The van der Waals surface area contributed by atoms with Crippen molar-refractivity contribution in [3.05, 3.63) is 85.2 Å². The number of carbonyl (C=O) groups excluding carboxylic acids is 1. The van der Waals surface area contributed by atoms with Gasteiger partial charge < -0.3 is 10.4 Å². The molecule has 150 valence electrons. The Kier molecular flexibility index (Phi) is 6.32. The zero-order valence-corrected chi connectivity index (χ0v) is 16.9. The van der Waals surface area contributed by atoms with E-state index in [1.165, 1.54) is 0 Å². The number of aliphatic carboxylic acids is 1. The number of carboxylic acid groups (broad SMARTS) is 1. The van der Waals surface area contributed by atoms with Gasteiger partial charge in [0, 0.05) is 11.1 Å². The summed E-state index contributed by atoms with van der Waals surface area (Å²) in [5.74, 6) is -1.82. The standard InChI is InChI=1S/C19H14Cl3N3O4/c20-10-3-1-4-11(7-10)25-16(26)8-15(24-25)19(29)23-14(9-17(27)28)12-5-2-6-13(21)18(12)22/h1-8,14,24H,9H2,(H,23,29)(H,27,28)/t14-/m0/s1. The highest BCUT2D eigenvalue weighted by molar-refractivity contribution is 6.42. The molecule has 29 heavy (non-hydrogen) atoms. The van der Waals surface area contributed by atoms with E-state index in [4.69, 9.17) is 34.8 Å². The predicted octanol–water partition coefficient (Wildman–Crippen LogP) is 4.07. The topological polar surface area (TPSA) is 104 Å². The molecule has 3 aromatic rings. The molecule has 0 aliphatic rings. The lowest BCUT2D eigenvalue weighted by Crippen LogP contribution is -2.30. The van der Waals surface area contributed by atoms with Gasteiger partial charge in [-0.2, -0.15) is 0 Å². The van der Waals surface area contributed by atoms with Crippen molar-refractivity contribution < 1.29 is 14.7 Å². The number of halogens is 3. The van der Waals surface area contributed by atoms with Crippen LogP contribution in [0.3, 0.4) is 0 Å². The first-order valence-corrected chi connectivity index (χ1v) is 9.44. The summed E-state index contributed by atoms with van der Waals surface area (Å²) in [5, 5.41) is 15.3. The van der Waals surface area contributed by atoms with Gasteiger partial charge in [0.25, 0.3) is 11.5 Å². The van der Waals surface area contributed by atoms with Crippen molar-refractivity contribution in [2.45, 2.75) is 12.5 Å². The molecule has 1 heterocycles. The van der Waals surface area contributed by atoms with Crippen LogP contribution in [0.15, 0.2) is 53.3 Å². The predicted molar refractivity (Wildman–Crippen MR) is 110 cm³/mol. The van der Waals surface area contributed by atoms with Crippen molar-refractivity contribution in [3.8, 4) is 5.69 Å². The molecule has 1 atom stereocenters. The maximum absolute atomic E-state index is 12.7. The number of aromatic amines is 1. The number of aromatic nitrogens is 2. The zero-order valence-electron chi connectivity index (χ0n) is 14.7. The summed E-state index contributed by atoms with van der Waals surface area (Å²) in [6, 6.07) is 11.4. The number of carboxylic acids is 1. The highest BCUT2D eigenvalue weighted by atomic mass is 35.5. The third-order valence-corrected chi connectivity index (χ3v) is 5.14. The maximum Gasteiger partial charge on any atom is 0.305 e. The van der Waals surface area contributed by atoms with Gasteiger partial charge in [-0.15, -0.1) is 0 Å². The number of H-pyrrole nitrogens is 1. The second-order valence-corrected chi connectivity index (χ2v) is 7.31. The maximum atomic E-state index is 12.7. The fourth-order valence-corrected chi connectivity index (χ4v) is 3.38. The van der Waals surface area contributed by atoms with Crippen LogP contribution in [-0.2, 0) is 4.79 Å². The monoisotopic (exact) mass is 453 g/mol. The molecular formula is C19H14Cl3N3O4. The number of hydrogen-bond donors (Lipinski definition) is 3. The molecule has 0 unspecified atom stereocenters. The molecule has 0 bridgehead atoms. The van der Waals surface area contributed by atoms with E-state index in [2.05, 4.69) is 10.4 Å². The number of nitrogens with one attached hydrogen (secondary N) is 2. The van der Waals surface area contributed by atoms with Crippen LogP contribution in [0, 0.1) is 0 Å². The van der Waals surface area contributed by atoms with Gasteiger partial charge in [0.2, 0.25) is 0 Å². The van der Waals surface area contributed by atoms with Crippen LogP contribution < -0.4 is 10.9 Å². The van der Waals surface area contributed by atoms with E-state index < -0.39 is 29.9 Å². The second-order valence-electron chi connectivity index (χ2n) is 6.09. The molecule has 0 fully saturated rings. The van der Waals surface area contributed by atoms with Crippen molar-refractivity contribution >= 4 is 46.7 Å². The molecule has 7 nitrogen and oxygen atoms in total. The lowest BCUT2D eigenvalue weighted by atomic mass is 10.0. The van der Waals surface area contributed by atoms with Crippen molar-refractivity contribution in [2.75, 3.05) is 0 Å². The van der Waals surface area contributed by atoms with Gasteiger partial charge in [0.1, 0.15) is 5.69 Å². The summed E-state index contributed by atoms with van der Waals surface area (Å²) in [4.78, 5) is 36.2. The van der Waals surface area contributed by atoms with E-state index in [0.29, 0.717) is 16.3 Å². The van der Waals surface area contributed by atoms with Gasteiger partial charge in [-0.3, -0.25) is 19.5 Å². The molecule has 0 saturated heterocycles. The number of nitrogens with zero attached hydrogens (tertiary/aromatic N) is 1. The Labute approximate surface area is 179 Å². The van der Waals surface area contributed by atoms with Gasteiger partial charge in [-0.05, 0) is 29.8 Å². The quantitative estimate of drug-likeness (QED) is 0.522. The summed E-state index contributed by atoms with van der Waals surface area (Å²) >= 11 is 18.1. The van der Waals surface area contributed by atoms with Crippen LogP contribution in [0.1, 0.15) is 28.5 Å². The van der Waals surface area contributed by atoms with Gasteiger partial charge in [-0.25, -0.2) is 4.68 Å². The van der Waals surface area contributed by atoms with Crippen molar-refractivity contribution in [1.82, 2.24) is 15.1 Å². The van der Waals surface area contributed by atoms with Crippen LogP contribution >= 0.6 is 34.8 Å². The number of carbonyl (C=O) groups is 2. The smallest absolute Gasteiger partial charge is 0.305 e. The minimum Gasteiger partial charge on any atom is -0.481 e. The van der Waals surface area contributed by atoms with E-state index in [1.54, 1.807) is 42.5 Å². The molecule has 1 amide bonds. The molecule has 3 N–H and O–H groups in total. The highest BCUT2D eigenvalue weighted by Gasteiger charge is 2.23. The molecule has 0 radical (unpaired) electrons. The lowest BCUT2D eigenvalue weighted by molar-refractivity contribution is -0.137. The van der Waals surface area contributed by atoms with Gasteiger partial charge >= 0.3 is 5.97 Å². The summed E-state index contributed by atoms with van der Waals surface area (Å²) in [7, 11) is 0. The SMILES string of the molecule is O=C(O)C[C@H](NC(=O)c1cc(=O)n(-c2cccc(Cl)c2)[nH]1)c1cccc(Cl)c1Cl. The Balaban J connectivity index is 1.91. The Morgan fingerprint density at radius 3 is 2.52 bits per heavy atom. The van der Waals surface area contributed by atoms with E-state index in [9.17, 15) is 19.5 Å². The van der Waals surface area contributed by atoms with E-state index in [-0.39, 0.29) is 15.7 Å². The number of benzene rings is 2. The van der Waals surface area contributed by atoms with Gasteiger partial charge in [0.05, 0.1) is 28.2 Å². The van der Waals surface area contributed by atoms with Crippen molar-refractivity contribution in [3.63, 3.8) is 0 Å². The van der Waals surface area contributed by atoms with Gasteiger partial charge in [0.15, 0.2) is 0 Å². The molecule has 10 heteroatoms. The number of rotatable bonds is 6. The van der Waals surface area contributed by atoms with Crippen molar-refractivity contribution in [2.24, 2.45) is 0 Å². The van der Waals surface area contributed by atoms with Gasteiger partial charge in [-0.1, -0.05) is 53.0 Å². The molecule has 1 aromatic heterocycles. The minimum atomic E-state index is -1.14. The average Bonchev–Trinajstić information content (AvgIpc) is 3.05. The third-order valence-electron chi connectivity index (χ3n) is 4.07. The minimum absolute atomic E-state index is 0.0523. The Hall–Kier alpha value is -2.74. The second kappa shape index (κ2) is 8.73. The van der Waals surface area contributed by atoms with Crippen LogP contribution in [0.2, 0.25) is 15.1 Å². The first-order chi connectivity index (χ1) is 13.8. The van der Waals surface area contributed by atoms with Crippen molar-refractivity contribution in [1.29, 1.82) is 0 Å². The molecular weight excluding hydrogens is 441 g/mol. The zero-order chi connectivity index (χ0) is 21.1. The van der Waals surface area contributed by atoms with Crippen LogP contribution in [0.25, 0.3) is 5.69 Å². The fourth-order valence-electron chi connectivity index (χ4n) is 2.76. The van der Waals surface area contributed by atoms with Crippen LogP contribution in [0.4, 0.5) is 0 Å². The van der Waals surface area contributed by atoms with Crippen LogP contribution in [0.5, 0.6) is 0 Å². The fraction of sp³-hybridized carbons (Fsp3) is 0.105. The number of hydrogen-bond acceptors (Lipinski definition) is 3. The first kappa shape index (κ1) is 21.0. The Morgan fingerprint density at radius 1 is 1.10 bits per heavy atom. The van der Waals surface area contributed by atoms with Crippen LogP contribution in [-0.4, -0.2) is 26.8 Å². The first-order valence-electron chi connectivity index (χ1n) is 8.31. The third kappa shape index (κ3) is 4.82. The average molecular weight is 455 g/mol. The molecule has 0 aliphatic carbocycles.